The molecule has 2 heterocycles. The Balaban J connectivity index is 1.45. The molecule has 0 bridgehead atoms. The largest absolute Gasteiger partial charge is 0.324 e. The first kappa shape index (κ1) is 22.9. The fourth-order valence-electron chi connectivity index (χ4n) is 3.72. The summed E-state index contributed by atoms with van der Waals surface area (Å²) < 4.78 is 0. The molecule has 1 aromatic heterocycles. The number of carbonyl (C=O) groups excluding carboxylic acids is 2. The van der Waals surface area contributed by atoms with Gasteiger partial charge in [0, 0.05) is 36.7 Å². The average molecular weight is 440 g/mol. The molecule has 0 spiro atoms. The molecule has 7 nitrogen and oxygen atoms in total. The van der Waals surface area contributed by atoms with Gasteiger partial charge in [0.25, 0.3) is 0 Å². The number of thiophene rings is 1. The molecule has 0 radical (unpaired) electrons. The number of para-hydroxylation sites is 1. The van der Waals surface area contributed by atoms with E-state index in [9.17, 15) is 14.9 Å². The summed E-state index contributed by atoms with van der Waals surface area (Å²) in [6.07, 6.45) is 0. The number of rotatable bonds is 6. The number of amides is 2. The highest BCUT2D eigenvalue weighted by atomic mass is 32.1. The van der Waals surface area contributed by atoms with Gasteiger partial charge in [-0.1, -0.05) is 18.2 Å². The zero-order chi connectivity index (χ0) is 22.5. The number of hydrogen-bond acceptors (Lipinski definition) is 6. The maximum Gasteiger partial charge on any atom is 0.239 e. The molecular formula is C23H29N5O2S. The van der Waals surface area contributed by atoms with E-state index in [1.165, 1.54) is 11.3 Å². The summed E-state index contributed by atoms with van der Waals surface area (Å²) in [5, 5.41) is 15.9. The van der Waals surface area contributed by atoms with Crippen molar-refractivity contribution in [3.8, 4) is 6.07 Å². The summed E-state index contributed by atoms with van der Waals surface area (Å²) in [5.74, 6) is -0.130. The number of hydrogen-bond donors (Lipinski definition) is 2. The second kappa shape index (κ2) is 10.1. The van der Waals surface area contributed by atoms with E-state index < -0.39 is 0 Å². The van der Waals surface area contributed by atoms with Crippen LogP contribution >= 0.6 is 11.3 Å². The van der Waals surface area contributed by atoms with Crippen LogP contribution in [0.1, 0.15) is 27.1 Å². The first-order valence-corrected chi connectivity index (χ1v) is 11.2. The van der Waals surface area contributed by atoms with Crippen LogP contribution in [0.25, 0.3) is 0 Å². The molecule has 2 aromatic rings. The Kier molecular flexibility index (Phi) is 7.44. The van der Waals surface area contributed by atoms with Gasteiger partial charge in [-0.25, -0.2) is 0 Å². The van der Waals surface area contributed by atoms with Crippen molar-refractivity contribution in [2.75, 3.05) is 49.9 Å². The minimum Gasteiger partial charge on any atom is -0.324 e. The van der Waals surface area contributed by atoms with Gasteiger partial charge in [0.1, 0.15) is 11.1 Å². The van der Waals surface area contributed by atoms with E-state index in [4.69, 9.17) is 0 Å². The third kappa shape index (κ3) is 5.70. The Morgan fingerprint density at radius 3 is 2.00 bits per heavy atom. The van der Waals surface area contributed by atoms with Gasteiger partial charge in [-0.05, 0) is 44.4 Å². The zero-order valence-corrected chi connectivity index (χ0v) is 19.4. The van der Waals surface area contributed by atoms with E-state index in [0.29, 0.717) is 17.1 Å². The zero-order valence-electron chi connectivity index (χ0n) is 18.5. The normalized spacial score (nSPS) is 14.8. The lowest BCUT2D eigenvalue weighted by Gasteiger charge is -2.33. The van der Waals surface area contributed by atoms with E-state index in [2.05, 4.69) is 26.5 Å². The summed E-state index contributed by atoms with van der Waals surface area (Å²) in [7, 11) is 0. The lowest BCUT2D eigenvalue weighted by Crippen LogP contribution is -2.50. The van der Waals surface area contributed by atoms with E-state index in [-0.39, 0.29) is 18.4 Å². The number of nitrogens with one attached hydrogen (secondary N) is 2. The predicted molar refractivity (Wildman–Crippen MR) is 125 cm³/mol. The van der Waals surface area contributed by atoms with E-state index in [1.54, 1.807) is 0 Å². The average Bonchev–Trinajstić information content (AvgIpc) is 2.99. The highest BCUT2D eigenvalue weighted by Gasteiger charge is 2.22. The van der Waals surface area contributed by atoms with Gasteiger partial charge in [0.05, 0.1) is 18.7 Å². The number of nitriles is 1. The molecule has 164 valence electrons. The van der Waals surface area contributed by atoms with Crippen LogP contribution in [0.3, 0.4) is 0 Å². The standard InChI is InChI=1S/C23H29N5O2S/c1-15-6-5-7-16(2)22(15)25-20(29)13-27-8-10-28(11-9-27)14-21(30)26-23-19(12-24)17(3)18(4)31-23/h5-7H,8-11,13-14H2,1-4H3,(H,25,29)(H,26,30). The molecule has 1 fully saturated rings. The second-order valence-electron chi connectivity index (χ2n) is 8.01. The van der Waals surface area contributed by atoms with Crippen LogP contribution in [-0.2, 0) is 9.59 Å². The minimum absolute atomic E-state index is 0.0175. The molecule has 0 aliphatic carbocycles. The number of anilines is 2. The van der Waals surface area contributed by atoms with Crippen LogP contribution in [0.15, 0.2) is 18.2 Å². The predicted octanol–water partition coefficient (Wildman–Crippen LogP) is 3.05. The summed E-state index contributed by atoms with van der Waals surface area (Å²) in [6.45, 7) is 11.4. The van der Waals surface area contributed by atoms with Crippen molar-refractivity contribution >= 4 is 33.8 Å². The van der Waals surface area contributed by atoms with Gasteiger partial charge in [-0.15, -0.1) is 11.3 Å². The maximum atomic E-state index is 12.5. The molecule has 0 saturated carbocycles. The van der Waals surface area contributed by atoms with Crippen LogP contribution in [0.2, 0.25) is 0 Å². The Morgan fingerprint density at radius 2 is 1.48 bits per heavy atom. The van der Waals surface area contributed by atoms with Crippen molar-refractivity contribution in [1.82, 2.24) is 9.80 Å². The van der Waals surface area contributed by atoms with Gasteiger partial charge in [-0.3, -0.25) is 19.4 Å². The van der Waals surface area contributed by atoms with Gasteiger partial charge in [0.2, 0.25) is 11.8 Å². The SMILES string of the molecule is Cc1cccc(C)c1NC(=O)CN1CCN(CC(=O)Nc2sc(C)c(C)c2C#N)CC1. The van der Waals surface area contributed by atoms with Gasteiger partial charge >= 0.3 is 0 Å². The summed E-state index contributed by atoms with van der Waals surface area (Å²) >= 11 is 1.44. The van der Waals surface area contributed by atoms with Crippen LogP contribution in [-0.4, -0.2) is 60.9 Å². The summed E-state index contributed by atoms with van der Waals surface area (Å²) in [5.41, 5.74) is 4.48. The Hall–Kier alpha value is -2.73. The number of nitrogens with zero attached hydrogens (tertiary/aromatic N) is 3. The molecule has 31 heavy (non-hydrogen) atoms. The molecule has 2 N–H and O–H groups in total. The minimum atomic E-state index is -0.112. The second-order valence-corrected chi connectivity index (χ2v) is 9.24. The highest BCUT2D eigenvalue weighted by Crippen LogP contribution is 2.31. The molecule has 8 heteroatoms. The number of carbonyl (C=O) groups is 2. The van der Waals surface area contributed by atoms with E-state index in [0.717, 1.165) is 53.4 Å². The third-order valence-corrected chi connectivity index (χ3v) is 6.82. The molecule has 0 unspecified atom stereocenters. The van der Waals surface area contributed by atoms with Crippen LogP contribution in [0.4, 0.5) is 10.7 Å². The molecule has 0 atom stereocenters. The first-order valence-electron chi connectivity index (χ1n) is 10.4. The maximum absolute atomic E-state index is 12.5. The van der Waals surface area contributed by atoms with Gasteiger partial charge in [-0.2, -0.15) is 5.26 Å². The molecular weight excluding hydrogens is 410 g/mol. The van der Waals surface area contributed by atoms with Gasteiger partial charge in [0.15, 0.2) is 0 Å². The Bertz CT molecular complexity index is 995. The Labute approximate surface area is 187 Å². The fraction of sp³-hybridized carbons (Fsp3) is 0.435. The smallest absolute Gasteiger partial charge is 0.239 e. The molecule has 1 aliphatic heterocycles. The molecule has 1 aromatic carbocycles. The summed E-state index contributed by atoms with van der Waals surface area (Å²) in [4.78, 5) is 30.2. The molecule has 1 aliphatic rings. The van der Waals surface area contributed by atoms with Crippen molar-refractivity contribution in [2.45, 2.75) is 27.7 Å². The van der Waals surface area contributed by atoms with Crippen LogP contribution in [0.5, 0.6) is 0 Å². The van der Waals surface area contributed by atoms with Crippen LogP contribution in [0, 0.1) is 39.0 Å². The fourth-order valence-corrected chi connectivity index (χ4v) is 4.75. The quantitative estimate of drug-likeness (QED) is 0.722. The summed E-state index contributed by atoms with van der Waals surface area (Å²) in [6, 6.07) is 8.14. The third-order valence-electron chi connectivity index (χ3n) is 5.69. The molecule has 3 rings (SSSR count). The topological polar surface area (TPSA) is 88.5 Å². The van der Waals surface area contributed by atoms with Crippen molar-refractivity contribution in [3.63, 3.8) is 0 Å². The number of aryl methyl sites for hydroxylation is 3. The van der Waals surface area contributed by atoms with Crippen molar-refractivity contribution in [3.05, 3.63) is 45.3 Å². The van der Waals surface area contributed by atoms with Crippen LogP contribution < -0.4 is 10.6 Å². The number of benzene rings is 1. The monoisotopic (exact) mass is 439 g/mol. The first-order chi connectivity index (χ1) is 14.8. The number of piperazine rings is 1. The lowest BCUT2D eigenvalue weighted by molar-refractivity contribution is -0.120. The Morgan fingerprint density at radius 1 is 0.968 bits per heavy atom. The van der Waals surface area contributed by atoms with E-state index >= 15 is 0 Å². The molecule has 1 saturated heterocycles. The van der Waals surface area contributed by atoms with Gasteiger partial charge < -0.3 is 10.6 Å². The van der Waals surface area contributed by atoms with Crippen molar-refractivity contribution in [1.29, 1.82) is 5.26 Å². The van der Waals surface area contributed by atoms with Crippen molar-refractivity contribution < 1.29 is 9.59 Å². The molecule has 2 amide bonds. The lowest BCUT2D eigenvalue weighted by atomic mass is 10.1. The van der Waals surface area contributed by atoms with Crippen molar-refractivity contribution in [2.24, 2.45) is 0 Å². The highest BCUT2D eigenvalue weighted by molar-refractivity contribution is 7.16. The van der Waals surface area contributed by atoms with E-state index in [1.807, 2.05) is 45.9 Å².